The average molecular weight is 176 g/mol. The van der Waals surface area contributed by atoms with Gasteiger partial charge in [-0.15, -0.1) is 0 Å². The van der Waals surface area contributed by atoms with E-state index in [1.165, 1.54) is 14.2 Å². The Balaban J connectivity index is 3.27. The van der Waals surface area contributed by atoms with E-state index < -0.39 is 0 Å². The van der Waals surface area contributed by atoms with E-state index in [-0.39, 0.29) is 5.97 Å². The van der Waals surface area contributed by atoms with Gasteiger partial charge in [-0.25, -0.2) is 0 Å². The number of methoxy groups -OCH3 is 2. The van der Waals surface area contributed by atoms with Crippen molar-refractivity contribution in [2.24, 2.45) is 0 Å². The molecule has 0 fully saturated rings. The van der Waals surface area contributed by atoms with Crippen LogP contribution in [0.3, 0.4) is 0 Å². The van der Waals surface area contributed by atoms with Gasteiger partial charge in [-0.3, -0.25) is 4.79 Å². The highest BCUT2D eigenvalue weighted by Gasteiger charge is 2.01. The molecule has 0 radical (unpaired) electrons. The Bertz CT molecular complexity index is 129. The highest BCUT2D eigenvalue weighted by Crippen LogP contribution is 1.99. The summed E-state index contributed by atoms with van der Waals surface area (Å²) < 4.78 is 9.19. The van der Waals surface area contributed by atoms with Gasteiger partial charge in [0.05, 0.1) is 14.2 Å². The van der Waals surface area contributed by atoms with Crippen molar-refractivity contribution < 1.29 is 14.3 Å². The highest BCUT2D eigenvalue weighted by atomic mass is 32.1. The number of carbonyl (C=O) groups is 1. The summed E-state index contributed by atoms with van der Waals surface area (Å²) in [5.41, 5.74) is 0. The topological polar surface area (TPSA) is 35.5 Å². The molecule has 0 N–H and O–H groups in total. The Labute approximate surface area is 71.7 Å². The van der Waals surface area contributed by atoms with Gasteiger partial charge in [-0.1, -0.05) is 0 Å². The standard InChI is InChI=1S/C7H12O3S/c1-9-6(8)4-3-5-7(11)10-2/h3-5H2,1-2H3. The zero-order chi connectivity index (χ0) is 8.69. The Morgan fingerprint density at radius 3 is 2.36 bits per heavy atom. The third-order valence-electron chi connectivity index (χ3n) is 1.22. The molecule has 11 heavy (non-hydrogen) atoms. The van der Waals surface area contributed by atoms with Crippen LogP contribution in [-0.4, -0.2) is 25.2 Å². The number of esters is 1. The van der Waals surface area contributed by atoms with Crippen LogP contribution >= 0.6 is 12.2 Å². The highest BCUT2D eigenvalue weighted by molar-refractivity contribution is 7.80. The maximum Gasteiger partial charge on any atom is 0.305 e. The first-order valence-corrected chi connectivity index (χ1v) is 3.75. The smallest absolute Gasteiger partial charge is 0.305 e. The molecule has 0 rings (SSSR count). The van der Waals surface area contributed by atoms with Crippen LogP contribution < -0.4 is 0 Å². The molecule has 0 aromatic rings. The van der Waals surface area contributed by atoms with Crippen molar-refractivity contribution in [3.63, 3.8) is 0 Å². The number of thiocarbonyl (C=S) groups is 1. The zero-order valence-corrected chi connectivity index (χ0v) is 7.57. The lowest BCUT2D eigenvalue weighted by atomic mass is 10.2. The molecule has 0 atom stereocenters. The molecule has 0 aromatic carbocycles. The number of ether oxygens (including phenoxy) is 2. The minimum atomic E-state index is -0.205. The van der Waals surface area contributed by atoms with Crippen molar-refractivity contribution in [3.8, 4) is 0 Å². The molecule has 0 spiro atoms. The Kier molecular flexibility index (Phi) is 5.74. The predicted molar refractivity (Wildman–Crippen MR) is 45.5 cm³/mol. The van der Waals surface area contributed by atoms with Crippen LogP contribution in [0.4, 0.5) is 0 Å². The quantitative estimate of drug-likeness (QED) is 0.478. The summed E-state index contributed by atoms with van der Waals surface area (Å²) in [5, 5.41) is 0.536. The van der Waals surface area contributed by atoms with Crippen molar-refractivity contribution in [2.45, 2.75) is 19.3 Å². The summed E-state index contributed by atoms with van der Waals surface area (Å²) in [4.78, 5) is 10.6. The van der Waals surface area contributed by atoms with Crippen molar-refractivity contribution >= 4 is 23.2 Å². The third-order valence-corrected chi connectivity index (χ3v) is 1.59. The van der Waals surface area contributed by atoms with Gasteiger partial charge in [0.2, 0.25) is 0 Å². The predicted octanol–water partition coefficient (Wildman–Crippen LogP) is 1.30. The Hall–Kier alpha value is -0.640. The van der Waals surface area contributed by atoms with Crippen molar-refractivity contribution in [3.05, 3.63) is 0 Å². The summed E-state index contributed by atoms with van der Waals surface area (Å²) in [7, 11) is 2.90. The molecule has 0 aromatic heterocycles. The van der Waals surface area contributed by atoms with E-state index in [1.807, 2.05) is 0 Å². The second kappa shape index (κ2) is 6.09. The molecule has 0 aliphatic carbocycles. The summed E-state index contributed by atoms with van der Waals surface area (Å²) in [6.45, 7) is 0. The summed E-state index contributed by atoms with van der Waals surface area (Å²) in [6.07, 6.45) is 1.74. The van der Waals surface area contributed by atoms with Crippen LogP contribution in [0, 0.1) is 0 Å². The van der Waals surface area contributed by atoms with Gasteiger partial charge in [0, 0.05) is 12.8 Å². The van der Waals surface area contributed by atoms with Gasteiger partial charge in [0.25, 0.3) is 0 Å². The van der Waals surface area contributed by atoms with Crippen LogP contribution in [0.15, 0.2) is 0 Å². The molecule has 0 aliphatic heterocycles. The average Bonchev–Trinajstić information content (AvgIpc) is 2.04. The summed E-state index contributed by atoms with van der Waals surface area (Å²) in [6, 6.07) is 0. The lowest BCUT2D eigenvalue weighted by molar-refractivity contribution is -0.140. The second-order valence-corrected chi connectivity index (χ2v) is 2.46. The molecule has 0 aliphatic rings. The van der Waals surface area contributed by atoms with Crippen LogP contribution in [0.25, 0.3) is 0 Å². The maximum atomic E-state index is 10.6. The molecule has 0 bridgehead atoms. The van der Waals surface area contributed by atoms with Crippen LogP contribution in [0.5, 0.6) is 0 Å². The minimum Gasteiger partial charge on any atom is -0.490 e. The van der Waals surface area contributed by atoms with Crippen molar-refractivity contribution in [1.82, 2.24) is 0 Å². The van der Waals surface area contributed by atoms with E-state index >= 15 is 0 Å². The number of hydrogen-bond acceptors (Lipinski definition) is 4. The van der Waals surface area contributed by atoms with Crippen LogP contribution in [0.2, 0.25) is 0 Å². The lowest BCUT2D eigenvalue weighted by Crippen LogP contribution is -2.02. The SMILES string of the molecule is COC(=O)CCCC(=S)OC. The van der Waals surface area contributed by atoms with Crippen molar-refractivity contribution in [1.29, 1.82) is 0 Å². The van der Waals surface area contributed by atoms with E-state index in [2.05, 4.69) is 4.74 Å². The van der Waals surface area contributed by atoms with Gasteiger partial charge < -0.3 is 9.47 Å². The van der Waals surface area contributed by atoms with Gasteiger partial charge in [0.15, 0.2) is 5.05 Å². The van der Waals surface area contributed by atoms with Gasteiger partial charge in [-0.2, -0.15) is 0 Å². The van der Waals surface area contributed by atoms with E-state index in [0.717, 1.165) is 0 Å². The van der Waals surface area contributed by atoms with E-state index in [9.17, 15) is 4.79 Å². The van der Waals surface area contributed by atoms with Crippen molar-refractivity contribution in [2.75, 3.05) is 14.2 Å². The summed E-state index contributed by atoms with van der Waals surface area (Å²) >= 11 is 4.77. The van der Waals surface area contributed by atoms with Gasteiger partial charge in [-0.05, 0) is 18.6 Å². The largest absolute Gasteiger partial charge is 0.490 e. The first-order chi connectivity index (χ1) is 5.20. The number of rotatable bonds is 4. The molecular weight excluding hydrogens is 164 g/mol. The Morgan fingerprint density at radius 2 is 1.91 bits per heavy atom. The fraction of sp³-hybridized carbons (Fsp3) is 0.714. The molecule has 0 saturated heterocycles. The maximum absolute atomic E-state index is 10.6. The molecule has 0 heterocycles. The first kappa shape index (κ1) is 10.4. The molecule has 0 saturated carbocycles. The number of hydrogen-bond donors (Lipinski definition) is 0. The van der Waals surface area contributed by atoms with Crippen LogP contribution in [-0.2, 0) is 14.3 Å². The summed E-state index contributed by atoms with van der Waals surface area (Å²) in [5.74, 6) is -0.205. The van der Waals surface area contributed by atoms with E-state index in [4.69, 9.17) is 17.0 Å². The monoisotopic (exact) mass is 176 g/mol. The molecule has 64 valence electrons. The van der Waals surface area contributed by atoms with Gasteiger partial charge in [0.1, 0.15) is 0 Å². The molecule has 0 amide bonds. The second-order valence-electron chi connectivity index (χ2n) is 2.01. The van der Waals surface area contributed by atoms with Crippen LogP contribution in [0.1, 0.15) is 19.3 Å². The normalized spacial score (nSPS) is 8.91. The fourth-order valence-electron chi connectivity index (χ4n) is 0.581. The number of carbonyl (C=O) groups excluding carboxylic acids is 1. The van der Waals surface area contributed by atoms with Gasteiger partial charge >= 0.3 is 5.97 Å². The first-order valence-electron chi connectivity index (χ1n) is 3.34. The lowest BCUT2D eigenvalue weighted by Gasteiger charge is -2.00. The molecular formula is C7H12O3S. The molecule has 3 nitrogen and oxygen atoms in total. The van der Waals surface area contributed by atoms with E-state index in [0.29, 0.717) is 24.3 Å². The third kappa shape index (κ3) is 5.79. The fourth-order valence-corrected chi connectivity index (χ4v) is 0.726. The Morgan fingerprint density at radius 1 is 1.27 bits per heavy atom. The molecule has 0 unspecified atom stereocenters. The van der Waals surface area contributed by atoms with E-state index in [1.54, 1.807) is 0 Å². The minimum absolute atomic E-state index is 0.205. The zero-order valence-electron chi connectivity index (χ0n) is 6.75. The molecule has 4 heteroatoms.